The summed E-state index contributed by atoms with van der Waals surface area (Å²) in [6.45, 7) is 2.48. The maximum absolute atomic E-state index is 2.55. The van der Waals surface area contributed by atoms with Crippen molar-refractivity contribution in [3.63, 3.8) is 0 Å². The lowest BCUT2D eigenvalue weighted by atomic mass is 10.1. The zero-order chi connectivity index (χ0) is 15.5. The fourth-order valence-corrected chi connectivity index (χ4v) is 7.71. The Labute approximate surface area is 141 Å². The molecule has 2 aliphatic rings. The number of fused-ring (bicyclic) bond motifs is 1. The van der Waals surface area contributed by atoms with E-state index in [1.54, 1.807) is 10.8 Å². The van der Waals surface area contributed by atoms with Crippen LogP contribution in [0.4, 0.5) is 5.69 Å². The minimum atomic E-state index is -0.699. The standard InChI is InChI=1S/C21H27NSi/c1-4-14-22(15-5-1)20-10-8-18(9-11-20)12-16-23-17-13-19-6-2-3-7-21(19)23/h2-3,6-11,23H,1,4-5,12-17H2/t23-/m0/s1. The zero-order valence-electron chi connectivity index (χ0n) is 14.0. The first-order valence-electron chi connectivity index (χ1n) is 9.32. The van der Waals surface area contributed by atoms with Crippen LogP contribution < -0.4 is 10.1 Å². The molecule has 1 fully saturated rings. The first kappa shape index (κ1) is 15.0. The molecule has 0 bridgehead atoms. The van der Waals surface area contributed by atoms with Gasteiger partial charge in [-0.25, -0.2) is 0 Å². The van der Waals surface area contributed by atoms with E-state index >= 15 is 0 Å². The topological polar surface area (TPSA) is 3.24 Å². The van der Waals surface area contributed by atoms with E-state index in [0.717, 1.165) is 0 Å². The Morgan fingerprint density at radius 3 is 2.48 bits per heavy atom. The molecule has 0 aliphatic carbocycles. The third-order valence-electron chi connectivity index (χ3n) is 5.70. The Bertz CT molecular complexity index is 643. The molecule has 0 saturated carbocycles. The average molecular weight is 322 g/mol. The van der Waals surface area contributed by atoms with Crippen molar-refractivity contribution in [3.05, 3.63) is 59.7 Å². The molecule has 23 heavy (non-hydrogen) atoms. The summed E-state index contributed by atoms with van der Waals surface area (Å²) >= 11 is 0. The van der Waals surface area contributed by atoms with Crippen LogP contribution in [0.2, 0.25) is 12.1 Å². The number of benzene rings is 2. The van der Waals surface area contributed by atoms with Crippen molar-refractivity contribution >= 4 is 19.7 Å². The lowest BCUT2D eigenvalue weighted by molar-refractivity contribution is 0.578. The van der Waals surface area contributed by atoms with Crippen LogP contribution in [-0.4, -0.2) is 21.9 Å². The van der Waals surface area contributed by atoms with Gasteiger partial charge in [-0.3, -0.25) is 0 Å². The molecule has 120 valence electrons. The second kappa shape index (κ2) is 6.92. The molecular weight excluding hydrogens is 294 g/mol. The van der Waals surface area contributed by atoms with Crippen LogP contribution in [0.3, 0.4) is 0 Å². The molecule has 2 heteroatoms. The molecule has 4 rings (SSSR count). The van der Waals surface area contributed by atoms with Crippen molar-refractivity contribution in [3.8, 4) is 0 Å². The molecule has 0 amide bonds. The summed E-state index contributed by atoms with van der Waals surface area (Å²) in [6.07, 6.45) is 6.72. The van der Waals surface area contributed by atoms with Gasteiger partial charge in [0, 0.05) is 18.8 Å². The summed E-state index contributed by atoms with van der Waals surface area (Å²) in [5.41, 5.74) is 4.60. The van der Waals surface area contributed by atoms with Crippen LogP contribution in [-0.2, 0) is 12.8 Å². The summed E-state index contributed by atoms with van der Waals surface area (Å²) in [6, 6.07) is 21.5. The first-order valence-corrected chi connectivity index (χ1v) is 11.5. The number of anilines is 1. The number of rotatable bonds is 4. The van der Waals surface area contributed by atoms with Gasteiger partial charge < -0.3 is 4.90 Å². The van der Waals surface area contributed by atoms with Gasteiger partial charge in [-0.15, -0.1) is 0 Å². The quantitative estimate of drug-likeness (QED) is 0.772. The molecule has 0 unspecified atom stereocenters. The first-order chi connectivity index (χ1) is 11.4. The maximum atomic E-state index is 2.55. The number of piperidine rings is 1. The fourth-order valence-electron chi connectivity index (χ4n) is 4.31. The van der Waals surface area contributed by atoms with Gasteiger partial charge >= 0.3 is 0 Å². The number of hydrogen-bond acceptors (Lipinski definition) is 1. The number of hydrogen-bond donors (Lipinski definition) is 0. The van der Waals surface area contributed by atoms with Crippen LogP contribution in [0.5, 0.6) is 0 Å². The molecule has 2 heterocycles. The number of aryl methyl sites for hydroxylation is 2. The molecule has 1 nitrogen and oxygen atoms in total. The van der Waals surface area contributed by atoms with Crippen LogP contribution in [0, 0.1) is 0 Å². The van der Waals surface area contributed by atoms with E-state index in [4.69, 9.17) is 0 Å². The van der Waals surface area contributed by atoms with Crippen LogP contribution in [0.25, 0.3) is 0 Å². The summed E-state index contributed by atoms with van der Waals surface area (Å²) in [4.78, 5) is 2.55. The lowest BCUT2D eigenvalue weighted by Gasteiger charge is -2.28. The highest BCUT2D eigenvalue weighted by Crippen LogP contribution is 2.22. The SMILES string of the molecule is c1ccc2c(c1)CC[Si@@H]2CCc1ccc(N2CCCCC2)cc1. The molecular formula is C21H27NSi. The Morgan fingerprint density at radius 1 is 0.870 bits per heavy atom. The highest BCUT2D eigenvalue weighted by Gasteiger charge is 2.22. The van der Waals surface area contributed by atoms with Crippen LogP contribution in [0.1, 0.15) is 30.4 Å². The Hall–Kier alpha value is -1.54. The van der Waals surface area contributed by atoms with Gasteiger partial charge in [-0.05, 0) is 55.4 Å². The lowest BCUT2D eigenvalue weighted by Crippen LogP contribution is -2.29. The van der Waals surface area contributed by atoms with E-state index in [1.807, 2.05) is 0 Å². The molecule has 0 spiro atoms. The van der Waals surface area contributed by atoms with Gasteiger partial charge in [0.1, 0.15) is 0 Å². The molecule has 2 aliphatic heterocycles. The summed E-state index contributed by atoms with van der Waals surface area (Å²) in [5.74, 6) is 0. The smallest absolute Gasteiger partial charge is 0.0718 e. The second-order valence-electron chi connectivity index (χ2n) is 7.19. The molecule has 2 aromatic carbocycles. The van der Waals surface area contributed by atoms with Crippen molar-refractivity contribution in [1.29, 1.82) is 0 Å². The molecule has 0 N–H and O–H groups in total. The Balaban J connectivity index is 1.36. The van der Waals surface area contributed by atoms with Crippen molar-refractivity contribution in [2.45, 2.75) is 44.2 Å². The van der Waals surface area contributed by atoms with Crippen LogP contribution >= 0.6 is 0 Å². The van der Waals surface area contributed by atoms with Gasteiger partial charge in [-0.1, -0.05) is 53.7 Å². The van der Waals surface area contributed by atoms with E-state index in [2.05, 4.69) is 53.4 Å². The largest absolute Gasteiger partial charge is 0.372 e. The third kappa shape index (κ3) is 3.37. The second-order valence-corrected chi connectivity index (χ2v) is 10.4. The van der Waals surface area contributed by atoms with E-state index in [0.29, 0.717) is 0 Å². The van der Waals surface area contributed by atoms with Crippen molar-refractivity contribution in [2.75, 3.05) is 18.0 Å². The van der Waals surface area contributed by atoms with Gasteiger partial charge in [0.05, 0.1) is 8.80 Å². The van der Waals surface area contributed by atoms with Crippen molar-refractivity contribution < 1.29 is 0 Å². The molecule has 1 atom stereocenters. The Kier molecular flexibility index (Phi) is 4.52. The predicted octanol–water partition coefficient (Wildman–Crippen LogP) is 3.91. The monoisotopic (exact) mass is 321 g/mol. The van der Waals surface area contributed by atoms with Crippen LogP contribution in [0.15, 0.2) is 48.5 Å². The minimum Gasteiger partial charge on any atom is -0.372 e. The summed E-state index contributed by atoms with van der Waals surface area (Å²) in [5, 5.41) is 1.75. The summed E-state index contributed by atoms with van der Waals surface area (Å²) in [7, 11) is -0.699. The van der Waals surface area contributed by atoms with E-state index < -0.39 is 8.80 Å². The van der Waals surface area contributed by atoms with E-state index in [9.17, 15) is 0 Å². The van der Waals surface area contributed by atoms with Gasteiger partial charge in [-0.2, -0.15) is 0 Å². The van der Waals surface area contributed by atoms with Gasteiger partial charge in [0.2, 0.25) is 0 Å². The van der Waals surface area contributed by atoms with Gasteiger partial charge in [0.15, 0.2) is 0 Å². The van der Waals surface area contributed by atoms with E-state index in [1.165, 1.54) is 68.5 Å². The normalized spacial score (nSPS) is 20.5. The maximum Gasteiger partial charge on any atom is 0.0718 e. The van der Waals surface area contributed by atoms with E-state index in [-0.39, 0.29) is 0 Å². The molecule has 1 saturated heterocycles. The zero-order valence-corrected chi connectivity index (χ0v) is 15.2. The fraction of sp³-hybridized carbons (Fsp3) is 0.429. The number of nitrogens with zero attached hydrogens (tertiary/aromatic N) is 1. The Morgan fingerprint density at radius 2 is 1.65 bits per heavy atom. The van der Waals surface area contributed by atoms with Crippen molar-refractivity contribution in [2.24, 2.45) is 0 Å². The minimum absolute atomic E-state index is 0.699. The third-order valence-corrected chi connectivity index (χ3v) is 9.11. The molecule has 0 aromatic heterocycles. The summed E-state index contributed by atoms with van der Waals surface area (Å²) < 4.78 is 0. The van der Waals surface area contributed by atoms with Gasteiger partial charge in [0.25, 0.3) is 0 Å². The van der Waals surface area contributed by atoms with Crippen molar-refractivity contribution in [1.82, 2.24) is 0 Å². The molecule has 2 aromatic rings. The highest BCUT2D eigenvalue weighted by molar-refractivity contribution is 6.74. The predicted molar refractivity (Wildman–Crippen MR) is 103 cm³/mol. The highest BCUT2D eigenvalue weighted by atomic mass is 28.3. The average Bonchev–Trinajstić information content (AvgIpc) is 3.04. The molecule has 0 radical (unpaired) electrons.